The molecule has 0 aliphatic heterocycles. The molecule has 0 aliphatic rings. The van der Waals surface area contributed by atoms with E-state index in [2.05, 4.69) is 4.74 Å². The first-order valence-electron chi connectivity index (χ1n) is 6.91. The summed E-state index contributed by atoms with van der Waals surface area (Å²) in [6, 6.07) is 14.4. The van der Waals surface area contributed by atoms with Crippen molar-refractivity contribution in [3.8, 4) is 5.75 Å². The second-order valence-corrected chi connectivity index (χ2v) is 4.93. The largest absolute Gasteiger partial charge is 0.573 e. The average Bonchev–Trinajstić information content (AvgIpc) is 2.52. The fraction of sp³-hybridized carbons (Fsp3) is 0.235. The molecule has 0 spiro atoms. The van der Waals surface area contributed by atoms with Crippen LogP contribution in [0.25, 0.3) is 0 Å². The van der Waals surface area contributed by atoms with Crippen molar-refractivity contribution in [2.45, 2.75) is 25.8 Å². The van der Waals surface area contributed by atoms with Crippen LogP contribution in [0, 0.1) is 0 Å². The second-order valence-electron chi connectivity index (χ2n) is 4.93. The third-order valence-electron chi connectivity index (χ3n) is 3.19. The summed E-state index contributed by atoms with van der Waals surface area (Å²) < 4.78 is 45.3. The van der Waals surface area contributed by atoms with Crippen LogP contribution in [0.2, 0.25) is 0 Å². The molecule has 0 amide bonds. The number of benzene rings is 2. The Balaban J connectivity index is 1.94. The van der Waals surface area contributed by atoms with E-state index < -0.39 is 18.2 Å². The van der Waals surface area contributed by atoms with Crippen LogP contribution in [0.4, 0.5) is 13.2 Å². The Morgan fingerprint density at radius 1 is 1.04 bits per heavy atom. The zero-order valence-corrected chi connectivity index (χ0v) is 12.3. The number of alkyl halides is 3. The maximum atomic E-state index is 12.1. The van der Waals surface area contributed by atoms with E-state index in [9.17, 15) is 18.0 Å². The second kappa shape index (κ2) is 7.17. The van der Waals surface area contributed by atoms with Crippen LogP contribution in [0.15, 0.2) is 54.6 Å². The van der Waals surface area contributed by atoms with Gasteiger partial charge in [-0.2, -0.15) is 0 Å². The molecule has 2 aromatic carbocycles. The minimum Gasteiger partial charge on any atom is -0.460 e. The maximum absolute atomic E-state index is 12.1. The molecule has 6 heteroatoms. The van der Waals surface area contributed by atoms with Gasteiger partial charge in [-0.25, -0.2) is 0 Å². The number of rotatable bonds is 5. The van der Waals surface area contributed by atoms with Crippen molar-refractivity contribution in [3.63, 3.8) is 0 Å². The smallest absolute Gasteiger partial charge is 0.460 e. The molecular formula is C17H15F3O3. The van der Waals surface area contributed by atoms with E-state index >= 15 is 0 Å². The lowest BCUT2D eigenvalue weighted by Crippen LogP contribution is -2.17. The van der Waals surface area contributed by atoms with E-state index in [0.717, 1.165) is 5.56 Å². The Bertz CT molecular complexity index is 636. The van der Waals surface area contributed by atoms with E-state index in [-0.39, 0.29) is 12.4 Å². The lowest BCUT2D eigenvalue weighted by atomic mass is 10.0. The normalized spacial score (nSPS) is 12.5. The Kier molecular flexibility index (Phi) is 5.26. The fourth-order valence-electron chi connectivity index (χ4n) is 1.95. The predicted octanol–water partition coefficient (Wildman–Crippen LogP) is 4.43. The summed E-state index contributed by atoms with van der Waals surface area (Å²) in [5.74, 6) is -1.36. The summed E-state index contributed by atoms with van der Waals surface area (Å²) in [7, 11) is 0. The first kappa shape index (κ1) is 16.9. The van der Waals surface area contributed by atoms with Crippen LogP contribution >= 0.6 is 0 Å². The lowest BCUT2D eigenvalue weighted by Gasteiger charge is -2.13. The molecule has 0 aliphatic carbocycles. The van der Waals surface area contributed by atoms with Crippen LogP contribution in [-0.2, 0) is 16.1 Å². The Morgan fingerprint density at radius 3 is 2.22 bits per heavy atom. The molecule has 1 atom stereocenters. The molecule has 2 aromatic rings. The topological polar surface area (TPSA) is 35.5 Å². The summed E-state index contributed by atoms with van der Waals surface area (Å²) in [6.45, 7) is 1.78. The Labute approximate surface area is 131 Å². The van der Waals surface area contributed by atoms with Gasteiger partial charge in [0.05, 0.1) is 5.92 Å². The summed E-state index contributed by atoms with van der Waals surface area (Å²) in [6.07, 6.45) is -4.73. The van der Waals surface area contributed by atoms with E-state index in [1.807, 2.05) is 30.3 Å². The molecule has 122 valence electrons. The number of halogens is 3. The zero-order chi connectivity index (χ0) is 16.9. The first-order chi connectivity index (χ1) is 10.8. The van der Waals surface area contributed by atoms with Gasteiger partial charge < -0.3 is 9.47 Å². The van der Waals surface area contributed by atoms with Crippen molar-refractivity contribution >= 4 is 5.97 Å². The molecule has 0 heterocycles. The van der Waals surface area contributed by atoms with Gasteiger partial charge in [0.1, 0.15) is 12.4 Å². The van der Waals surface area contributed by atoms with Gasteiger partial charge in [-0.15, -0.1) is 13.2 Å². The highest BCUT2D eigenvalue weighted by molar-refractivity contribution is 5.77. The van der Waals surface area contributed by atoms with Gasteiger partial charge in [0, 0.05) is 0 Å². The fourth-order valence-corrected chi connectivity index (χ4v) is 1.95. The summed E-state index contributed by atoms with van der Waals surface area (Å²) in [4.78, 5) is 12.0. The van der Waals surface area contributed by atoms with Gasteiger partial charge in [0.15, 0.2) is 0 Å². The monoisotopic (exact) mass is 324 g/mol. The molecule has 0 N–H and O–H groups in total. The van der Waals surface area contributed by atoms with Crippen LogP contribution in [0.1, 0.15) is 24.0 Å². The van der Waals surface area contributed by atoms with Gasteiger partial charge in [-0.3, -0.25) is 4.79 Å². The van der Waals surface area contributed by atoms with Crippen molar-refractivity contribution in [1.82, 2.24) is 0 Å². The highest BCUT2D eigenvalue weighted by atomic mass is 19.4. The molecular weight excluding hydrogens is 309 g/mol. The van der Waals surface area contributed by atoms with Crippen LogP contribution in [0.5, 0.6) is 5.75 Å². The molecule has 0 aromatic heterocycles. The van der Waals surface area contributed by atoms with Gasteiger partial charge in [-0.05, 0) is 30.2 Å². The van der Waals surface area contributed by atoms with Crippen molar-refractivity contribution in [3.05, 3.63) is 65.7 Å². The van der Waals surface area contributed by atoms with E-state index in [1.54, 1.807) is 6.92 Å². The van der Waals surface area contributed by atoms with E-state index in [1.165, 1.54) is 24.3 Å². The molecule has 0 fully saturated rings. The van der Waals surface area contributed by atoms with Gasteiger partial charge in [-0.1, -0.05) is 42.5 Å². The van der Waals surface area contributed by atoms with E-state index in [0.29, 0.717) is 5.56 Å². The summed E-state index contributed by atoms with van der Waals surface area (Å²) in [5, 5.41) is 0. The SMILES string of the molecule is CC(C(=O)OCc1ccccc1)c1ccc(OC(F)(F)F)cc1. The van der Waals surface area contributed by atoms with Gasteiger partial charge >= 0.3 is 12.3 Å². The highest BCUT2D eigenvalue weighted by Crippen LogP contribution is 2.25. The summed E-state index contributed by atoms with van der Waals surface area (Å²) in [5.41, 5.74) is 1.42. The molecule has 0 saturated heterocycles. The first-order valence-corrected chi connectivity index (χ1v) is 6.91. The molecule has 1 unspecified atom stereocenters. The van der Waals surface area contributed by atoms with Crippen molar-refractivity contribution in [2.75, 3.05) is 0 Å². The van der Waals surface area contributed by atoms with Crippen molar-refractivity contribution < 1.29 is 27.4 Å². The van der Waals surface area contributed by atoms with Crippen LogP contribution < -0.4 is 4.74 Å². The van der Waals surface area contributed by atoms with Gasteiger partial charge in [0.2, 0.25) is 0 Å². The quantitative estimate of drug-likeness (QED) is 0.763. The zero-order valence-electron chi connectivity index (χ0n) is 12.3. The third kappa shape index (κ3) is 5.32. The van der Waals surface area contributed by atoms with Gasteiger partial charge in [0.25, 0.3) is 0 Å². The molecule has 0 bridgehead atoms. The molecule has 0 radical (unpaired) electrons. The highest BCUT2D eigenvalue weighted by Gasteiger charge is 2.31. The lowest BCUT2D eigenvalue weighted by molar-refractivity contribution is -0.274. The Hall–Kier alpha value is -2.50. The number of hydrogen-bond acceptors (Lipinski definition) is 3. The predicted molar refractivity (Wildman–Crippen MR) is 77.8 cm³/mol. The number of hydrogen-bond donors (Lipinski definition) is 0. The molecule has 2 rings (SSSR count). The van der Waals surface area contributed by atoms with Crippen molar-refractivity contribution in [1.29, 1.82) is 0 Å². The number of carbonyl (C=O) groups excluding carboxylic acids is 1. The minimum atomic E-state index is -4.73. The number of carbonyl (C=O) groups is 1. The minimum absolute atomic E-state index is 0.152. The number of ether oxygens (including phenoxy) is 2. The molecule has 0 saturated carbocycles. The van der Waals surface area contributed by atoms with Crippen molar-refractivity contribution in [2.24, 2.45) is 0 Å². The third-order valence-corrected chi connectivity index (χ3v) is 3.19. The molecule has 23 heavy (non-hydrogen) atoms. The maximum Gasteiger partial charge on any atom is 0.573 e. The number of esters is 1. The standard InChI is InChI=1S/C17H15F3O3/c1-12(16(21)22-11-13-5-3-2-4-6-13)14-7-9-15(10-8-14)23-17(18,19)20/h2-10,12H,11H2,1H3. The average molecular weight is 324 g/mol. The van der Waals surface area contributed by atoms with E-state index in [4.69, 9.17) is 4.74 Å². The van der Waals surface area contributed by atoms with Crippen LogP contribution in [0.3, 0.4) is 0 Å². The molecule has 3 nitrogen and oxygen atoms in total. The summed E-state index contributed by atoms with van der Waals surface area (Å²) >= 11 is 0. The Morgan fingerprint density at radius 2 is 1.65 bits per heavy atom. The van der Waals surface area contributed by atoms with Crippen LogP contribution in [-0.4, -0.2) is 12.3 Å².